The highest BCUT2D eigenvalue weighted by Crippen LogP contribution is 2.29. The lowest BCUT2D eigenvalue weighted by atomic mass is 10.1. The summed E-state index contributed by atoms with van der Waals surface area (Å²) in [7, 11) is 0. The molecule has 0 saturated carbocycles. The zero-order valence-electron chi connectivity index (χ0n) is 12.8. The maximum atomic E-state index is 12.5. The van der Waals surface area contributed by atoms with Crippen LogP contribution in [0.5, 0.6) is 0 Å². The number of nitrogens with zero attached hydrogens (tertiary/aromatic N) is 1. The van der Waals surface area contributed by atoms with Crippen molar-refractivity contribution in [3.05, 3.63) is 77.1 Å². The Labute approximate surface area is 141 Å². The number of anilines is 1. The van der Waals surface area contributed by atoms with Gasteiger partial charge in [-0.2, -0.15) is 18.4 Å². The van der Waals surface area contributed by atoms with E-state index >= 15 is 0 Å². The highest BCUT2D eigenvalue weighted by Gasteiger charge is 2.30. The Balaban J connectivity index is 2.14. The number of carbonyl (C=O) groups excluding carboxylic acids is 1. The molecule has 1 amide bonds. The fourth-order valence-corrected chi connectivity index (χ4v) is 2.06. The number of nitrogens with one attached hydrogen (secondary N) is 1. The summed E-state index contributed by atoms with van der Waals surface area (Å²) in [6.45, 7) is 0. The number of benzene rings is 2. The highest BCUT2D eigenvalue weighted by molar-refractivity contribution is 6.06. The Morgan fingerprint density at radius 1 is 1.08 bits per heavy atom. The van der Waals surface area contributed by atoms with Crippen molar-refractivity contribution in [2.45, 2.75) is 12.6 Å². The van der Waals surface area contributed by atoms with E-state index in [1.54, 1.807) is 36.4 Å². The fourth-order valence-electron chi connectivity index (χ4n) is 2.06. The van der Waals surface area contributed by atoms with E-state index in [9.17, 15) is 23.1 Å². The molecule has 0 atom stereocenters. The van der Waals surface area contributed by atoms with Gasteiger partial charge in [-0.25, -0.2) is 0 Å². The van der Waals surface area contributed by atoms with Crippen LogP contribution in [0.4, 0.5) is 18.9 Å². The van der Waals surface area contributed by atoms with Gasteiger partial charge in [0.15, 0.2) is 5.57 Å². The van der Waals surface area contributed by atoms with Crippen LogP contribution in [-0.2, 0) is 17.4 Å². The monoisotopic (exact) mass is 346 g/mol. The number of alkyl halides is 3. The van der Waals surface area contributed by atoms with Gasteiger partial charge in [-0.1, -0.05) is 30.3 Å². The Morgan fingerprint density at radius 3 is 2.20 bits per heavy atom. The number of carbonyl (C=O) groups is 1. The standard InChI is InChI=1S/C18H13F3N2O2/c19-18(20,21)13-6-8-14(9-7-13)23-17(25)15(11-22)16(24)10-12-4-2-1-3-5-12/h1-9,24H,10H2,(H,23,25). The predicted molar refractivity (Wildman–Crippen MR) is 85.5 cm³/mol. The summed E-state index contributed by atoms with van der Waals surface area (Å²) in [6, 6.07) is 14.1. The van der Waals surface area contributed by atoms with Crippen molar-refractivity contribution in [3.63, 3.8) is 0 Å². The largest absolute Gasteiger partial charge is 0.510 e. The molecule has 4 nitrogen and oxygen atoms in total. The molecular formula is C18H13F3N2O2. The molecule has 2 aromatic rings. The number of aliphatic hydroxyl groups excluding tert-OH is 1. The number of halogens is 3. The summed E-state index contributed by atoms with van der Waals surface area (Å²) in [5.74, 6) is -1.31. The van der Waals surface area contributed by atoms with Crippen molar-refractivity contribution in [1.82, 2.24) is 0 Å². The van der Waals surface area contributed by atoms with E-state index in [4.69, 9.17) is 5.26 Å². The van der Waals surface area contributed by atoms with Gasteiger partial charge in [-0.05, 0) is 29.8 Å². The summed E-state index contributed by atoms with van der Waals surface area (Å²) in [5.41, 5.74) is -0.564. The van der Waals surface area contributed by atoms with Gasteiger partial charge in [-0.15, -0.1) is 0 Å². The van der Waals surface area contributed by atoms with Crippen molar-refractivity contribution in [2.24, 2.45) is 0 Å². The van der Waals surface area contributed by atoms with Gasteiger partial charge in [0.2, 0.25) is 0 Å². The van der Waals surface area contributed by atoms with Crippen LogP contribution in [0.15, 0.2) is 65.9 Å². The SMILES string of the molecule is N#CC(C(=O)Nc1ccc(C(F)(F)F)cc1)=C(O)Cc1ccccc1. The Kier molecular flexibility index (Phi) is 5.45. The first kappa shape index (κ1) is 18.1. The zero-order valence-corrected chi connectivity index (χ0v) is 12.8. The molecule has 0 radical (unpaired) electrons. The molecule has 2 rings (SSSR count). The molecule has 0 heterocycles. The van der Waals surface area contributed by atoms with Crippen LogP contribution in [0.3, 0.4) is 0 Å². The minimum atomic E-state index is -4.48. The maximum absolute atomic E-state index is 12.5. The molecule has 0 aliphatic rings. The second-order valence-electron chi connectivity index (χ2n) is 5.13. The number of allylic oxidation sites excluding steroid dienone is 1. The van der Waals surface area contributed by atoms with E-state index in [0.717, 1.165) is 24.3 Å². The quantitative estimate of drug-likeness (QED) is 0.494. The van der Waals surface area contributed by atoms with Crippen LogP contribution < -0.4 is 5.32 Å². The van der Waals surface area contributed by atoms with Crippen molar-refractivity contribution >= 4 is 11.6 Å². The zero-order chi connectivity index (χ0) is 18.4. The normalized spacial score (nSPS) is 12.1. The molecule has 7 heteroatoms. The summed E-state index contributed by atoms with van der Waals surface area (Å²) in [5, 5.41) is 21.4. The Bertz CT molecular complexity index is 820. The minimum Gasteiger partial charge on any atom is -0.510 e. The average molecular weight is 346 g/mol. The smallest absolute Gasteiger partial charge is 0.416 e. The third kappa shape index (κ3) is 4.85. The highest BCUT2D eigenvalue weighted by atomic mass is 19.4. The Morgan fingerprint density at radius 2 is 1.68 bits per heavy atom. The van der Waals surface area contributed by atoms with Gasteiger partial charge >= 0.3 is 6.18 Å². The number of nitriles is 1. The molecule has 0 aromatic heterocycles. The van der Waals surface area contributed by atoms with Crippen molar-refractivity contribution in [2.75, 3.05) is 5.32 Å². The fraction of sp³-hybridized carbons (Fsp3) is 0.111. The molecule has 0 aliphatic carbocycles. The van der Waals surface area contributed by atoms with E-state index in [1.165, 1.54) is 0 Å². The first-order valence-electron chi connectivity index (χ1n) is 7.16. The van der Waals surface area contributed by atoms with Crippen molar-refractivity contribution < 1.29 is 23.1 Å². The lowest BCUT2D eigenvalue weighted by Gasteiger charge is -2.09. The van der Waals surface area contributed by atoms with E-state index in [0.29, 0.717) is 5.56 Å². The topological polar surface area (TPSA) is 73.1 Å². The summed E-state index contributed by atoms with van der Waals surface area (Å²) in [6.07, 6.45) is -4.49. The molecule has 0 unspecified atom stereocenters. The lowest BCUT2D eigenvalue weighted by molar-refractivity contribution is -0.137. The number of aliphatic hydroxyl groups is 1. The number of amides is 1. The van der Waals surface area contributed by atoms with Crippen LogP contribution in [0, 0.1) is 11.3 Å². The lowest BCUT2D eigenvalue weighted by Crippen LogP contribution is -2.16. The van der Waals surface area contributed by atoms with E-state index in [1.807, 2.05) is 0 Å². The van der Waals surface area contributed by atoms with Crippen LogP contribution >= 0.6 is 0 Å². The number of rotatable bonds is 4. The van der Waals surface area contributed by atoms with Gasteiger partial charge in [0.1, 0.15) is 11.8 Å². The first-order valence-corrected chi connectivity index (χ1v) is 7.16. The molecule has 0 bridgehead atoms. The van der Waals surface area contributed by atoms with Crippen molar-refractivity contribution in [3.8, 4) is 6.07 Å². The van der Waals surface area contributed by atoms with Gasteiger partial charge < -0.3 is 10.4 Å². The van der Waals surface area contributed by atoms with Crippen LogP contribution in [0.2, 0.25) is 0 Å². The molecule has 2 aromatic carbocycles. The predicted octanol–water partition coefficient (Wildman–Crippen LogP) is 4.22. The summed E-state index contributed by atoms with van der Waals surface area (Å²) in [4.78, 5) is 12.1. The van der Waals surface area contributed by atoms with Gasteiger partial charge in [0.05, 0.1) is 5.56 Å². The summed E-state index contributed by atoms with van der Waals surface area (Å²) >= 11 is 0. The molecule has 0 fully saturated rings. The summed E-state index contributed by atoms with van der Waals surface area (Å²) < 4.78 is 37.5. The molecule has 128 valence electrons. The molecule has 0 aliphatic heterocycles. The molecule has 0 saturated heterocycles. The average Bonchev–Trinajstić information content (AvgIpc) is 2.56. The third-order valence-electron chi connectivity index (χ3n) is 3.31. The van der Waals surface area contributed by atoms with Crippen LogP contribution in [0.1, 0.15) is 11.1 Å². The molecule has 25 heavy (non-hydrogen) atoms. The number of hydrogen-bond donors (Lipinski definition) is 2. The van der Waals surface area contributed by atoms with E-state index in [2.05, 4.69) is 5.32 Å². The van der Waals surface area contributed by atoms with Crippen LogP contribution in [-0.4, -0.2) is 11.0 Å². The van der Waals surface area contributed by atoms with Crippen LogP contribution in [0.25, 0.3) is 0 Å². The molecular weight excluding hydrogens is 333 g/mol. The molecule has 2 N–H and O–H groups in total. The first-order chi connectivity index (χ1) is 11.8. The van der Waals surface area contributed by atoms with E-state index < -0.39 is 29.0 Å². The number of hydrogen-bond acceptors (Lipinski definition) is 3. The third-order valence-corrected chi connectivity index (χ3v) is 3.31. The van der Waals surface area contributed by atoms with Gasteiger partial charge in [0, 0.05) is 12.1 Å². The minimum absolute atomic E-state index is 0.00976. The van der Waals surface area contributed by atoms with Crippen molar-refractivity contribution in [1.29, 1.82) is 5.26 Å². The maximum Gasteiger partial charge on any atom is 0.416 e. The van der Waals surface area contributed by atoms with Gasteiger partial charge in [-0.3, -0.25) is 4.79 Å². The second-order valence-corrected chi connectivity index (χ2v) is 5.13. The van der Waals surface area contributed by atoms with Gasteiger partial charge in [0.25, 0.3) is 5.91 Å². The molecule has 0 spiro atoms. The van der Waals surface area contributed by atoms with E-state index in [-0.39, 0.29) is 12.1 Å². The second kappa shape index (κ2) is 7.53. The Hall–Kier alpha value is -3.27.